The van der Waals surface area contributed by atoms with Crippen LogP contribution in [0.25, 0.3) is 16.9 Å². The van der Waals surface area contributed by atoms with Crippen LogP contribution in [-0.2, 0) is 11.4 Å². The van der Waals surface area contributed by atoms with Gasteiger partial charge in [-0.25, -0.2) is 4.39 Å². The second-order valence-electron chi connectivity index (χ2n) is 6.39. The molecule has 0 bridgehead atoms. The third-order valence-corrected chi connectivity index (χ3v) is 4.68. The van der Waals surface area contributed by atoms with E-state index in [4.69, 9.17) is 4.74 Å². The fourth-order valence-corrected chi connectivity index (χ4v) is 3.15. The van der Waals surface area contributed by atoms with Crippen molar-refractivity contribution in [3.05, 3.63) is 77.6 Å². The zero-order valence-electron chi connectivity index (χ0n) is 15.1. The summed E-state index contributed by atoms with van der Waals surface area (Å²) in [5.74, 6) is -0.796. The Kier molecular flexibility index (Phi) is 4.99. The number of aryl methyl sites for hydroxylation is 1. The maximum Gasteiger partial charge on any atom is 0.360 e. The first-order valence-electron chi connectivity index (χ1n) is 8.58. The molecule has 0 atom stereocenters. The summed E-state index contributed by atoms with van der Waals surface area (Å²) >= 11 is 2.27. The van der Waals surface area contributed by atoms with E-state index in [1.807, 2.05) is 30.3 Å². The lowest BCUT2D eigenvalue weighted by molar-refractivity contribution is 0.102. The highest BCUT2D eigenvalue weighted by Crippen LogP contribution is 2.34. The highest BCUT2D eigenvalue weighted by atomic mass is 79.9. The molecule has 4 aromatic rings. The highest BCUT2D eigenvalue weighted by molar-refractivity contribution is 9.09. The number of ether oxygens (including phenoxy) is 1. The molecule has 0 saturated heterocycles. The van der Waals surface area contributed by atoms with Gasteiger partial charge < -0.3 is 4.74 Å². The first-order valence-corrected chi connectivity index (χ1v) is 9.37. The molecule has 2 aromatic heterocycles. The Morgan fingerprint density at radius 1 is 1.14 bits per heavy atom. The number of hydrogen-bond acceptors (Lipinski definition) is 4. The van der Waals surface area contributed by atoms with Crippen molar-refractivity contribution in [2.24, 2.45) is 0 Å². The van der Waals surface area contributed by atoms with Crippen molar-refractivity contribution in [1.29, 1.82) is 0 Å². The Hall–Kier alpha value is -2.94. The van der Waals surface area contributed by atoms with Gasteiger partial charge in [0.05, 0.1) is 11.9 Å². The van der Waals surface area contributed by atoms with Crippen LogP contribution in [0.5, 0.6) is 5.75 Å². The molecule has 0 aliphatic heterocycles. The molecule has 4 rings (SSSR count). The van der Waals surface area contributed by atoms with Crippen molar-refractivity contribution in [3.8, 4) is 17.0 Å². The van der Waals surface area contributed by atoms with Crippen molar-refractivity contribution in [1.82, 2.24) is 19.6 Å². The van der Waals surface area contributed by atoms with Gasteiger partial charge >= 0.3 is 4.83 Å². The van der Waals surface area contributed by atoms with Crippen LogP contribution in [-0.4, -0.2) is 19.6 Å². The van der Waals surface area contributed by atoms with E-state index in [1.165, 1.54) is 18.5 Å². The zero-order chi connectivity index (χ0) is 20.6. The summed E-state index contributed by atoms with van der Waals surface area (Å²) in [4.78, 5) is 0.753. The SMILES string of the molecule is Cc1cc(-c2cn3c(C(F)(F)Br)nnc3cn2)c(F)cc1OCc1ccccc1. The summed E-state index contributed by atoms with van der Waals surface area (Å²) in [7, 11) is 0. The molecule has 148 valence electrons. The third-order valence-electron chi connectivity index (χ3n) is 4.32. The quantitative estimate of drug-likeness (QED) is 0.379. The maximum atomic E-state index is 14.8. The number of nitrogens with zero attached hydrogens (tertiary/aromatic N) is 4. The predicted octanol–water partition coefficient (Wildman–Crippen LogP) is 5.26. The molecule has 9 heteroatoms. The molecule has 0 aliphatic rings. The largest absolute Gasteiger partial charge is 0.489 e. The monoisotopic (exact) mass is 462 g/mol. The van der Waals surface area contributed by atoms with E-state index in [0.717, 1.165) is 9.96 Å². The lowest BCUT2D eigenvalue weighted by atomic mass is 10.1. The minimum Gasteiger partial charge on any atom is -0.489 e. The Labute approximate surface area is 172 Å². The summed E-state index contributed by atoms with van der Waals surface area (Å²) in [6, 6.07) is 12.4. The van der Waals surface area contributed by atoms with Crippen molar-refractivity contribution in [3.63, 3.8) is 0 Å². The van der Waals surface area contributed by atoms with Gasteiger partial charge in [-0.3, -0.25) is 9.38 Å². The van der Waals surface area contributed by atoms with Crippen LogP contribution < -0.4 is 4.74 Å². The molecule has 2 heterocycles. The lowest BCUT2D eigenvalue weighted by Crippen LogP contribution is -2.09. The summed E-state index contributed by atoms with van der Waals surface area (Å²) in [6.45, 7) is 2.08. The average molecular weight is 463 g/mol. The summed E-state index contributed by atoms with van der Waals surface area (Å²) < 4.78 is 48.9. The average Bonchev–Trinajstić information content (AvgIpc) is 3.13. The molecule has 0 fully saturated rings. The van der Waals surface area contributed by atoms with Gasteiger partial charge in [0.2, 0.25) is 5.82 Å². The fraction of sp³-hybridized carbons (Fsp3) is 0.150. The molecule has 0 amide bonds. The third kappa shape index (κ3) is 3.95. The van der Waals surface area contributed by atoms with Crippen LogP contribution in [0.2, 0.25) is 0 Å². The molecule has 0 radical (unpaired) electrons. The van der Waals surface area contributed by atoms with E-state index in [-0.39, 0.29) is 16.9 Å². The molecule has 5 nitrogen and oxygen atoms in total. The Morgan fingerprint density at radius 3 is 2.62 bits per heavy atom. The van der Waals surface area contributed by atoms with Crippen LogP contribution >= 0.6 is 15.9 Å². The Balaban J connectivity index is 1.67. The minimum absolute atomic E-state index is 0.128. The van der Waals surface area contributed by atoms with Gasteiger partial charge in [-0.05, 0) is 40.0 Å². The second kappa shape index (κ2) is 7.47. The van der Waals surface area contributed by atoms with E-state index in [2.05, 4.69) is 31.1 Å². The smallest absolute Gasteiger partial charge is 0.360 e. The molecular formula is C20H14BrF3N4O. The molecule has 2 aromatic carbocycles. The highest BCUT2D eigenvalue weighted by Gasteiger charge is 2.33. The summed E-state index contributed by atoms with van der Waals surface area (Å²) in [6.07, 6.45) is 2.54. The standard InChI is InChI=1S/C20H14BrF3N4O/c1-12-7-14(15(22)8-17(12)29-11-13-5-3-2-4-6-13)16-10-28-18(9-25-16)26-27-19(28)20(21,23)24/h2-10H,11H2,1H3. The van der Waals surface area contributed by atoms with Crippen LogP contribution in [0, 0.1) is 12.7 Å². The Bertz CT molecular complexity index is 1180. The van der Waals surface area contributed by atoms with Crippen molar-refractivity contribution in [2.45, 2.75) is 18.4 Å². The molecule has 0 unspecified atom stereocenters. The zero-order valence-corrected chi connectivity index (χ0v) is 16.7. The molecule has 0 saturated carbocycles. The number of hydrogen-bond donors (Lipinski definition) is 0. The van der Waals surface area contributed by atoms with Crippen molar-refractivity contribution >= 4 is 21.6 Å². The van der Waals surface area contributed by atoms with E-state index in [9.17, 15) is 13.2 Å². The van der Waals surface area contributed by atoms with Gasteiger partial charge in [0.15, 0.2) is 5.65 Å². The van der Waals surface area contributed by atoms with Crippen LogP contribution in [0.1, 0.15) is 17.0 Å². The van der Waals surface area contributed by atoms with Gasteiger partial charge in [0.25, 0.3) is 0 Å². The lowest BCUT2D eigenvalue weighted by Gasteiger charge is -2.12. The minimum atomic E-state index is -3.38. The normalized spacial score (nSPS) is 11.8. The van der Waals surface area contributed by atoms with E-state index in [0.29, 0.717) is 17.9 Å². The number of aromatic nitrogens is 4. The van der Waals surface area contributed by atoms with Crippen LogP contribution in [0.3, 0.4) is 0 Å². The number of benzene rings is 2. The first kappa shape index (κ1) is 19.4. The fourth-order valence-electron chi connectivity index (χ4n) is 2.88. The van der Waals surface area contributed by atoms with Crippen LogP contribution in [0.4, 0.5) is 13.2 Å². The summed E-state index contributed by atoms with van der Waals surface area (Å²) in [5.41, 5.74) is 2.11. The molecule has 0 aliphatic carbocycles. The van der Waals surface area contributed by atoms with E-state index >= 15 is 0 Å². The van der Waals surface area contributed by atoms with Crippen LogP contribution in [0.15, 0.2) is 54.9 Å². The molecule has 29 heavy (non-hydrogen) atoms. The van der Waals surface area contributed by atoms with E-state index < -0.39 is 16.5 Å². The van der Waals surface area contributed by atoms with Gasteiger partial charge in [-0.1, -0.05) is 30.3 Å². The second-order valence-corrected chi connectivity index (χ2v) is 7.39. The van der Waals surface area contributed by atoms with Gasteiger partial charge in [0.1, 0.15) is 18.2 Å². The Morgan fingerprint density at radius 2 is 1.90 bits per heavy atom. The number of halogens is 4. The van der Waals surface area contributed by atoms with Crippen molar-refractivity contribution < 1.29 is 17.9 Å². The molecule has 0 spiro atoms. The van der Waals surface area contributed by atoms with Gasteiger partial charge in [-0.15, -0.1) is 10.2 Å². The number of rotatable bonds is 5. The topological polar surface area (TPSA) is 52.3 Å². The summed E-state index contributed by atoms with van der Waals surface area (Å²) in [5, 5.41) is 7.12. The van der Waals surface area contributed by atoms with Gasteiger partial charge in [0, 0.05) is 17.8 Å². The predicted molar refractivity (Wildman–Crippen MR) is 105 cm³/mol. The molecule has 0 N–H and O–H groups in total. The van der Waals surface area contributed by atoms with Crippen molar-refractivity contribution in [2.75, 3.05) is 0 Å². The first-order chi connectivity index (χ1) is 13.8. The van der Waals surface area contributed by atoms with Gasteiger partial charge in [-0.2, -0.15) is 8.78 Å². The number of fused-ring (bicyclic) bond motifs is 1. The molecular weight excluding hydrogens is 449 g/mol. The van der Waals surface area contributed by atoms with E-state index in [1.54, 1.807) is 13.0 Å². The number of alkyl halides is 3. The maximum absolute atomic E-state index is 14.8.